The standard InChI is InChI=1S/C16H25NO3/c1-6-16(4,5)17-15(19)10-20-14-8-7-13(12(3)18)9-11(14)2/h7-9,12,18H,6,10H2,1-5H3,(H,17,19)/t12-/m1/s1. The molecule has 0 fully saturated rings. The lowest BCUT2D eigenvalue weighted by Crippen LogP contribution is -2.44. The van der Waals surface area contributed by atoms with Crippen molar-refractivity contribution in [3.8, 4) is 5.75 Å². The van der Waals surface area contributed by atoms with Gasteiger partial charge in [0.15, 0.2) is 6.61 Å². The highest BCUT2D eigenvalue weighted by atomic mass is 16.5. The molecule has 0 spiro atoms. The summed E-state index contributed by atoms with van der Waals surface area (Å²) in [6.45, 7) is 9.60. The SMILES string of the molecule is CCC(C)(C)NC(=O)COc1ccc([C@@H](C)O)cc1C. The largest absolute Gasteiger partial charge is 0.484 e. The molecule has 0 heterocycles. The van der Waals surface area contributed by atoms with Crippen LogP contribution < -0.4 is 10.1 Å². The fraction of sp³-hybridized carbons (Fsp3) is 0.562. The van der Waals surface area contributed by atoms with Crippen LogP contribution >= 0.6 is 0 Å². The Labute approximate surface area is 121 Å². The molecule has 1 amide bonds. The number of rotatable bonds is 6. The number of aliphatic hydroxyl groups is 1. The van der Waals surface area contributed by atoms with E-state index in [0.29, 0.717) is 5.75 Å². The van der Waals surface area contributed by atoms with Gasteiger partial charge in [0.25, 0.3) is 5.91 Å². The Morgan fingerprint density at radius 1 is 1.45 bits per heavy atom. The van der Waals surface area contributed by atoms with Crippen LogP contribution in [0.4, 0.5) is 0 Å². The first-order chi connectivity index (χ1) is 9.25. The highest BCUT2D eigenvalue weighted by molar-refractivity contribution is 5.78. The molecule has 112 valence electrons. The molecule has 4 nitrogen and oxygen atoms in total. The van der Waals surface area contributed by atoms with Crippen LogP contribution in [0.5, 0.6) is 5.75 Å². The van der Waals surface area contributed by atoms with Crippen molar-refractivity contribution in [1.82, 2.24) is 5.32 Å². The normalized spacial score (nSPS) is 12.9. The first-order valence-electron chi connectivity index (χ1n) is 6.97. The number of ether oxygens (including phenoxy) is 1. The number of carbonyl (C=O) groups excluding carboxylic acids is 1. The summed E-state index contributed by atoms with van der Waals surface area (Å²) in [6.07, 6.45) is 0.359. The van der Waals surface area contributed by atoms with Gasteiger partial charge >= 0.3 is 0 Å². The van der Waals surface area contributed by atoms with Crippen LogP contribution in [-0.2, 0) is 4.79 Å². The number of aryl methyl sites for hydroxylation is 1. The van der Waals surface area contributed by atoms with Crippen LogP contribution in [-0.4, -0.2) is 23.2 Å². The molecular weight excluding hydrogens is 254 g/mol. The molecule has 1 atom stereocenters. The average Bonchev–Trinajstić information content (AvgIpc) is 2.36. The van der Waals surface area contributed by atoms with Crippen molar-refractivity contribution in [3.05, 3.63) is 29.3 Å². The van der Waals surface area contributed by atoms with Crippen LogP contribution in [0.3, 0.4) is 0 Å². The van der Waals surface area contributed by atoms with E-state index >= 15 is 0 Å². The lowest BCUT2D eigenvalue weighted by Gasteiger charge is -2.24. The summed E-state index contributed by atoms with van der Waals surface area (Å²) in [7, 11) is 0. The fourth-order valence-corrected chi connectivity index (χ4v) is 1.74. The number of hydrogen-bond acceptors (Lipinski definition) is 3. The Hall–Kier alpha value is -1.55. The maximum absolute atomic E-state index is 11.8. The summed E-state index contributed by atoms with van der Waals surface area (Å²) in [5, 5.41) is 12.4. The number of carbonyl (C=O) groups is 1. The molecule has 0 aromatic heterocycles. The van der Waals surface area contributed by atoms with Crippen LogP contribution in [0, 0.1) is 6.92 Å². The van der Waals surface area contributed by atoms with E-state index in [1.54, 1.807) is 19.1 Å². The molecule has 0 aliphatic rings. The zero-order chi connectivity index (χ0) is 15.3. The molecule has 0 radical (unpaired) electrons. The minimum Gasteiger partial charge on any atom is -0.484 e. The predicted molar refractivity (Wildman–Crippen MR) is 79.8 cm³/mol. The highest BCUT2D eigenvalue weighted by Gasteiger charge is 2.18. The van der Waals surface area contributed by atoms with Crippen LogP contribution in [0.15, 0.2) is 18.2 Å². The van der Waals surface area contributed by atoms with Crippen molar-refractivity contribution in [2.45, 2.75) is 52.7 Å². The number of amides is 1. The lowest BCUT2D eigenvalue weighted by atomic mass is 10.0. The van der Waals surface area contributed by atoms with Gasteiger partial charge in [0.1, 0.15) is 5.75 Å². The van der Waals surface area contributed by atoms with E-state index in [0.717, 1.165) is 17.5 Å². The van der Waals surface area contributed by atoms with Crippen molar-refractivity contribution in [1.29, 1.82) is 0 Å². The van der Waals surface area contributed by atoms with Gasteiger partial charge in [-0.25, -0.2) is 0 Å². The van der Waals surface area contributed by atoms with E-state index in [-0.39, 0.29) is 18.1 Å². The Balaban J connectivity index is 2.60. The number of aliphatic hydroxyl groups excluding tert-OH is 1. The van der Waals surface area contributed by atoms with Crippen LogP contribution in [0.25, 0.3) is 0 Å². The molecule has 2 N–H and O–H groups in total. The highest BCUT2D eigenvalue weighted by Crippen LogP contribution is 2.22. The summed E-state index contributed by atoms with van der Waals surface area (Å²) in [5.74, 6) is 0.537. The van der Waals surface area contributed by atoms with Gasteiger partial charge in [-0.1, -0.05) is 13.0 Å². The molecule has 0 saturated carbocycles. The second-order valence-electron chi connectivity index (χ2n) is 5.78. The number of hydrogen-bond donors (Lipinski definition) is 2. The fourth-order valence-electron chi connectivity index (χ4n) is 1.74. The van der Waals surface area contributed by atoms with Crippen molar-refractivity contribution in [2.24, 2.45) is 0 Å². The molecule has 4 heteroatoms. The minimum absolute atomic E-state index is 0.00169. The molecule has 0 unspecified atom stereocenters. The van der Waals surface area contributed by atoms with Crippen molar-refractivity contribution >= 4 is 5.91 Å². The van der Waals surface area contributed by atoms with Gasteiger partial charge in [0.05, 0.1) is 6.10 Å². The topological polar surface area (TPSA) is 58.6 Å². The summed E-state index contributed by atoms with van der Waals surface area (Å²) in [4.78, 5) is 11.8. The van der Waals surface area contributed by atoms with Crippen molar-refractivity contribution in [2.75, 3.05) is 6.61 Å². The van der Waals surface area contributed by atoms with E-state index in [1.165, 1.54) is 0 Å². The maximum atomic E-state index is 11.8. The van der Waals surface area contributed by atoms with Gasteiger partial charge < -0.3 is 15.2 Å². The average molecular weight is 279 g/mol. The predicted octanol–water partition coefficient (Wildman–Crippen LogP) is 2.73. The second kappa shape index (κ2) is 6.75. The molecule has 0 aliphatic carbocycles. The van der Waals surface area contributed by atoms with E-state index in [2.05, 4.69) is 5.32 Å². The minimum atomic E-state index is -0.503. The van der Waals surface area contributed by atoms with Gasteiger partial charge in [-0.3, -0.25) is 4.79 Å². The lowest BCUT2D eigenvalue weighted by molar-refractivity contribution is -0.124. The smallest absolute Gasteiger partial charge is 0.258 e. The maximum Gasteiger partial charge on any atom is 0.258 e. The molecule has 0 bridgehead atoms. The van der Waals surface area contributed by atoms with Crippen LogP contribution in [0.2, 0.25) is 0 Å². The van der Waals surface area contributed by atoms with E-state index in [1.807, 2.05) is 33.8 Å². The zero-order valence-corrected chi connectivity index (χ0v) is 13.0. The molecular formula is C16H25NO3. The Morgan fingerprint density at radius 2 is 2.10 bits per heavy atom. The summed E-state index contributed by atoms with van der Waals surface area (Å²) in [6, 6.07) is 5.46. The summed E-state index contributed by atoms with van der Waals surface area (Å²) < 4.78 is 5.53. The monoisotopic (exact) mass is 279 g/mol. The molecule has 20 heavy (non-hydrogen) atoms. The molecule has 1 rings (SSSR count). The summed E-state index contributed by atoms with van der Waals surface area (Å²) in [5.41, 5.74) is 1.53. The third-order valence-electron chi connectivity index (χ3n) is 3.40. The van der Waals surface area contributed by atoms with E-state index in [9.17, 15) is 9.90 Å². The van der Waals surface area contributed by atoms with E-state index in [4.69, 9.17) is 4.74 Å². The number of nitrogens with one attached hydrogen (secondary N) is 1. The molecule has 0 saturated heterocycles. The van der Waals surface area contributed by atoms with Crippen molar-refractivity contribution in [3.63, 3.8) is 0 Å². The quantitative estimate of drug-likeness (QED) is 0.841. The Kier molecular flexibility index (Phi) is 5.57. The summed E-state index contributed by atoms with van der Waals surface area (Å²) >= 11 is 0. The molecule has 1 aromatic rings. The first kappa shape index (κ1) is 16.5. The third-order valence-corrected chi connectivity index (χ3v) is 3.40. The van der Waals surface area contributed by atoms with Gasteiger partial charge in [0.2, 0.25) is 0 Å². The van der Waals surface area contributed by atoms with Crippen molar-refractivity contribution < 1.29 is 14.6 Å². The third kappa shape index (κ3) is 4.85. The first-order valence-corrected chi connectivity index (χ1v) is 6.97. The van der Waals surface area contributed by atoms with Gasteiger partial charge in [-0.2, -0.15) is 0 Å². The Morgan fingerprint density at radius 3 is 2.60 bits per heavy atom. The Bertz CT molecular complexity index is 467. The molecule has 1 aromatic carbocycles. The molecule has 0 aliphatic heterocycles. The zero-order valence-electron chi connectivity index (χ0n) is 13.0. The van der Waals surface area contributed by atoms with Crippen LogP contribution in [0.1, 0.15) is 51.3 Å². The number of benzene rings is 1. The second-order valence-corrected chi connectivity index (χ2v) is 5.78. The van der Waals surface area contributed by atoms with Gasteiger partial charge in [-0.05, 0) is 57.4 Å². The van der Waals surface area contributed by atoms with Gasteiger partial charge in [0, 0.05) is 5.54 Å². The van der Waals surface area contributed by atoms with E-state index < -0.39 is 6.10 Å². The van der Waals surface area contributed by atoms with Gasteiger partial charge in [-0.15, -0.1) is 0 Å².